The first-order valence-corrected chi connectivity index (χ1v) is 6.92. The van der Waals surface area contributed by atoms with Crippen molar-refractivity contribution in [3.8, 4) is 0 Å². The largest absolute Gasteiger partial charge is 0.386 e. The molecule has 0 aliphatic carbocycles. The van der Waals surface area contributed by atoms with Crippen LogP contribution in [0.15, 0.2) is 46.9 Å². The molecule has 2 aromatic rings. The van der Waals surface area contributed by atoms with Crippen LogP contribution in [-0.2, 0) is 6.42 Å². The van der Waals surface area contributed by atoms with Crippen molar-refractivity contribution in [3.05, 3.63) is 63.9 Å². The van der Waals surface area contributed by atoms with Gasteiger partial charge in [-0.3, -0.25) is 0 Å². The van der Waals surface area contributed by atoms with Gasteiger partial charge in [-0.15, -0.1) is 0 Å². The summed E-state index contributed by atoms with van der Waals surface area (Å²) in [5.74, 6) is -0.340. The summed E-state index contributed by atoms with van der Waals surface area (Å²) in [6, 6.07) is 12.2. The third kappa shape index (κ3) is 2.38. The first-order valence-electron chi connectivity index (χ1n) is 6.12. The minimum atomic E-state index is -0.752. The molecule has 0 bridgehead atoms. The van der Waals surface area contributed by atoms with Crippen molar-refractivity contribution in [1.82, 2.24) is 0 Å². The molecule has 2 N–H and O–H groups in total. The molecule has 0 amide bonds. The second kappa shape index (κ2) is 4.94. The molecule has 4 heteroatoms. The van der Waals surface area contributed by atoms with Gasteiger partial charge in [-0.1, -0.05) is 34.1 Å². The molecule has 0 radical (unpaired) electrons. The Labute approximate surface area is 119 Å². The lowest BCUT2D eigenvalue weighted by Crippen LogP contribution is -2.25. The van der Waals surface area contributed by atoms with Gasteiger partial charge < -0.3 is 10.4 Å². The van der Waals surface area contributed by atoms with E-state index >= 15 is 0 Å². The Morgan fingerprint density at radius 1 is 1.26 bits per heavy atom. The summed E-state index contributed by atoms with van der Waals surface area (Å²) in [6.45, 7) is 0. The van der Waals surface area contributed by atoms with Crippen molar-refractivity contribution >= 4 is 21.6 Å². The van der Waals surface area contributed by atoms with Crippen LogP contribution in [0.2, 0.25) is 0 Å². The molecule has 0 aromatic heterocycles. The lowest BCUT2D eigenvalue weighted by Gasteiger charge is -2.20. The van der Waals surface area contributed by atoms with Gasteiger partial charge in [-0.25, -0.2) is 4.39 Å². The fourth-order valence-electron chi connectivity index (χ4n) is 2.48. The molecule has 1 heterocycles. The van der Waals surface area contributed by atoms with Crippen LogP contribution >= 0.6 is 15.9 Å². The van der Waals surface area contributed by atoms with Crippen LogP contribution in [-0.4, -0.2) is 11.1 Å². The number of aliphatic hydroxyl groups is 1. The first-order chi connectivity index (χ1) is 9.15. The number of rotatable bonds is 2. The van der Waals surface area contributed by atoms with E-state index in [-0.39, 0.29) is 11.9 Å². The third-order valence-electron chi connectivity index (χ3n) is 3.46. The van der Waals surface area contributed by atoms with E-state index in [0.717, 1.165) is 16.6 Å². The summed E-state index contributed by atoms with van der Waals surface area (Å²) in [7, 11) is 0. The van der Waals surface area contributed by atoms with E-state index in [4.69, 9.17) is 0 Å². The zero-order valence-corrected chi connectivity index (χ0v) is 11.7. The Hall–Kier alpha value is -1.39. The summed E-state index contributed by atoms with van der Waals surface area (Å²) in [5, 5.41) is 13.7. The molecule has 19 heavy (non-hydrogen) atoms. The Kier molecular flexibility index (Phi) is 3.29. The van der Waals surface area contributed by atoms with Crippen LogP contribution in [0.1, 0.15) is 17.2 Å². The summed E-state index contributed by atoms with van der Waals surface area (Å²) in [5.41, 5.74) is 2.79. The molecule has 98 valence electrons. The zero-order chi connectivity index (χ0) is 13.4. The fourth-order valence-corrected chi connectivity index (χ4v) is 2.96. The van der Waals surface area contributed by atoms with Crippen LogP contribution < -0.4 is 5.32 Å². The second-order valence-electron chi connectivity index (χ2n) is 4.72. The highest BCUT2D eigenvalue weighted by molar-refractivity contribution is 9.10. The van der Waals surface area contributed by atoms with Crippen LogP contribution in [0, 0.1) is 5.82 Å². The van der Waals surface area contributed by atoms with E-state index < -0.39 is 6.10 Å². The molecule has 0 spiro atoms. The van der Waals surface area contributed by atoms with Gasteiger partial charge in [0.25, 0.3) is 0 Å². The molecule has 2 atom stereocenters. The van der Waals surface area contributed by atoms with Gasteiger partial charge >= 0.3 is 0 Å². The molecular formula is C15H13BrFNO. The summed E-state index contributed by atoms with van der Waals surface area (Å²) in [6.07, 6.45) is -0.0159. The third-order valence-corrected chi connectivity index (χ3v) is 4.18. The van der Waals surface area contributed by atoms with Crippen molar-refractivity contribution in [2.24, 2.45) is 0 Å². The standard InChI is InChI=1S/C15H13BrFNO/c16-12-6-5-10(17)8-11(12)15(19)14-7-9-3-1-2-4-13(9)18-14/h1-6,8,14-15,18-19H,7H2. The summed E-state index contributed by atoms with van der Waals surface area (Å²) >= 11 is 3.36. The van der Waals surface area contributed by atoms with Gasteiger partial charge in [-0.05, 0) is 41.8 Å². The normalized spacial score (nSPS) is 18.8. The van der Waals surface area contributed by atoms with Gasteiger partial charge in [-0.2, -0.15) is 0 Å². The minimum Gasteiger partial charge on any atom is -0.386 e. The fraction of sp³-hybridized carbons (Fsp3) is 0.200. The van der Waals surface area contributed by atoms with Crippen molar-refractivity contribution < 1.29 is 9.50 Å². The number of benzene rings is 2. The first kappa shape index (κ1) is 12.6. The quantitative estimate of drug-likeness (QED) is 0.884. The average molecular weight is 322 g/mol. The molecule has 0 saturated heterocycles. The van der Waals surface area contributed by atoms with Crippen molar-refractivity contribution in [1.29, 1.82) is 0 Å². The van der Waals surface area contributed by atoms with E-state index in [1.165, 1.54) is 17.7 Å². The summed E-state index contributed by atoms with van der Waals surface area (Å²) < 4.78 is 14.0. The van der Waals surface area contributed by atoms with E-state index in [1.54, 1.807) is 6.07 Å². The Balaban J connectivity index is 1.87. The van der Waals surface area contributed by atoms with Gasteiger partial charge in [0, 0.05) is 10.2 Å². The Morgan fingerprint density at radius 3 is 2.84 bits per heavy atom. The van der Waals surface area contributed by atoms with Crippen molar-refractivity contribution in [3.63, 3.8) is 0 Å². The Morgan fingerprint density at radius 2 is 2.05 bits per heavy atom. The smallest absolute Gasteiger partial charge is 0.123 e. The molecule has 1 aliphatic rings. The SMILES string of the molecule is OC(c1cc(F)ccc1Br)C1Cc2ccccc2N1. The number of para-hydroxylation sites is 1. The molecule has 1 aliphatic heterocycles. The van der Waals surface area contributed by atoms with Crippen molar-refractivity contribution in [2.75, 3.05) is 5.32 Å². The lowest BCUT2D eigenvalue weighted by molar-refractivity contribution is 0.155. The van der Waals surface area contributed by atoms with Gasteiger partial charge in [0.15, 0.2) is 0 Å². The molecule has 0 fully saturated rings. The molecule has 2 nitrogen and oxygen atoms in total. The van der Waals surface area contributed by atoms with Crippen LogP contribution in [0.5, 0.6) is 0 Å². The van der Waals surface area contributed by atoms with E-state index in [2.05, 4.69) is 21.2 Å². The maximum absolute atomic E-state index is 13.3. The number of hydrogen-bond acceptors (Lipinski definition) is 2. The number of aliphatic hydroxyl groups excluding tert-OH is 1. The zero-order valence-electron chi connectivity index (χ0n) is 10.1. The van der Waals surface area contributed by atoms with E-state index in [0.29, 0.717) is 5.56 Å². The number of anilines is 1. The highest BCUT2D eigenvalue weighted by Crippen LogP contribution is 2.34. The minimum absolute atomic E-state index is 0.129. The van der Waals surface area contributed by atoms with E-state index in [1.807, 2.05) is 24.3 Å². The van der Waals surface area contributed by atoms with E-state index in [9.17, 15) is 9.50 Å². The predicted molar refractivity (Wildman–Crippen MR) is 76.6 cm³/mol. The molecule has 0 saturated carbocycles. The maximum Gasteiger partial charge on any atom is 0.123 e. The predicted octanol–water partition coefficient (Wildman–Crippen LogP) is 3.66. The van der Waals surface area contributed by atoms with Gasteiger partial charge in [0.1, 0.15) is 11.9 Å². The van der Waals surface area contributed by atoms with Crippen molar-refractivity contribution in [2.45, 2.75) is 18.6 Å². The highest BCUT2D eigenvalue weighted by atomic mass is 79.9. The lowest BCUT2D eigenvalue weighted by atomic mass is 9.99. The van der Waals surface area contributed by atoms with Crippen LogP contribution in [0.25, 0.3) is 0 Å². The number of halogens is 2. The van der Waals surface area contributed by atoms with Gasteiger partial charge in [0.05, 0.1) is 6.04 Å². The van der Waals surface area contributed by atoms with Crippen LogP contribution in [0.3, 0.4) is 0 Å². The number of fused-ring (bicyclic) bond motifs is 1. The maximum atomic E-state index is 13.3. The molecule has 3 rings (SSSR count). The second-order valence-corrected chi connectivity index (χ2v) is 5.58. The Bertz CT molecular complexity index is 592. The van der Waals surface area contributed by atoms with Crippen LogP contribution in [0.4, 0.5) is 10.1 Å². The molecule has 2 aromatic carbocycles. The number of hydrogen-bond donors (Lipinski definition) is 2. The number of nitrogens with one attached hydrogen (secondary N) is 1. The molecule has 2 unspecified atom stereocenters. The monoisotopic (exact) mass is 321 g/mol. The molecular weight excluding hydrogens is 309 g/mol. The topological polar surface area (TPSA) is 32.3 Å². The highest BCUT2D eigenvalue weighted by Gasteiger charge is 2.28. The summed E-state index contributed by atoms with van der Waals surface area (Å²) in [4.78, 5) is 0. The average Bonchev–Trinajstić information content (AvgIpc) is 2.84. The van der Waals surface area contributed by atoms with Gasteiger partial charge in [0.2, 0.25) is 0 Å².